The monoisotopic (exact) mass is 948 g/mol. The SMILES string of the molecule is C[Si](C)(C)c1ccc(-c2[c-]cccc2)nc1.Fc1cc2oc3c(-c4nc5ccccc5n4-c4ccc(-c5ccccc5)cc4)[c-]ccc3c2cc1-c1ccccc1.[Ir]. The Morgan fingerprint density at radius 2 is 1.33 bits per heavy atom. The van der Waals surface area contributed by atoms with E-state index in [4.69, 9.17) is 9.40 Å². The molecular formula is C51H38FIrN3OSi-2. The molecular weight excluding hydrogens is 910 g/mol. The van der Waals surface area contributed by atoms with Crippen LogP contribution in [0.1, 0.15) is 0 Å². The number of nitrogens with zero attached hydrogens (tertiary/aromatic N) is 3. The Labute approximate surface area is 352 Å². The normalized spacial score (nSPS) is 11.3. The zero-order chi connectivity index (χ0) is 38.9. The van der Waals surface area contributed by atoms with Gasteiger partial charge in [0.25, 0.3) is 0 Å². The summed E-state index contributed by atoms with van der Waals surface area (Å²) >= 11 is 0. The molecule has 7 heteroatoms. The molecule has 0 saturated carbocycles. The second-order valence-corrected chi connectivity index (χ2v) is 20.1. The molecule has 0 bridgehead atoms. The molecule has 0 aliphatic heterocycles. The molecule has 0 unspecified atom stereocenters. The fourth-order valence-electron chi connectivity index (χ4n) is 7.21. The average Bonchev–Trinajstić information content (AvgIpc) is 3.82. The predicted molar refractivity (Wildman–Crippen MR) is 235 cm³/mol. The van der Waals surface area contributed by atoms with Crippen LogP contribution in [-0.2, 0) is 20.1 Å². The van der Waals surface area contributed by atoms with Gasteiger partial charge < -0.3 is 14.0 Å². The van der Waals surface area contributed by atoms with Crippen molar-refractivity contribution in [3.05, 3.63) is 194 Å². The van der Waals surface area contributed by atoms with E-state index in [1.807, 2.05) is 115 Å². The number of benzene rings is 7. The summed E-state index contributed by atoms with van der Waals surface area (Å²) in [6, 6.07) is 62.5. The van der Waals surface area contributed by atoms with Crippen molar-refractivity contribution < 1.29 is 28.9 Å². The van der Waals surface area contributed by atoms with E-state index in [0.29, 0.717) is 22.6 Å². The van der Waals surface area contributed by atoms with E-state index in [2.05, 4.69) is 95.9 Å². The van der Waals surface area contributed by atoms with Crippen LogP contribution in [0.15, 0.2) is 180 Å². The van der Waals surface area contributed by atoms with Crippen molar-refractivity contribution in [3.63, 3.8) is 0 Å². The predicted octanol–water partition coefficient (Wildman–Crippen LogP) is 13.0. The summed E-state index contributed by atoms with van der Waals surface area (Å²) in [6.07, 6.45) is 2.02. The third-order valence-corrected chi connectivity index (χ3v) is 12.3. The number of hydrogen-bond donors (Lipinski definition) is 0. The quantitative estimate of drug-likeness (QED) is 0.123. The summed E-state index contributed by atoms with van der Waals surface area (Å²) < 4.78 is 23.7. The van der Waals surface area contributed by atoms with Gasteiger partial charge in [-0.1, -0.05) is 128 Å². The molecule has 0 atom stereocenters. The summed E-state index contributed by atoms with van der Waals surface area (Å²) in [5.41, 5.74) is 10.4. The minimum absolute atomic E-state index is 0. The molecule has 10 aromatic rings. The molecule has 0 aliphatic carbocycles. The molecule has 285 valence electrons. The van der Waals surface area contributed by atoms with Crippen LogP contribution < -0.4 is 5.19 Å². The van der Waals surface area contributed by atoms with Gasteiger partial charge >= 0.3 is 0 Å². The smallest absolute Gasteiger partial charge is 0.134 e. The number of aromatic nitrogens is 3. The molecule has 1 radical (unpaired) electrons. The standard InChI is InChI=1S/C37H22FN2O.C14H16NSi.Ir/c38-32-23-35-31(22-30(32)26-12-5-2-6-13-26)28-14-9-15-29(36(28)41-35)37-39-33-16-7-8-17-34(33)40(37)27-20-18-25(19-21-27)24-10-3-1-4-11-24;1-16(2,3)13-9-10-14(15-11-13)12-7-5-4-6-8-12;/h1-14,16-23H;4-7,9-11H,1-3H3;/q2*-1;. The summed E-state index contributed by atoms with van der Waals surface area (Å²) in [5, 5.41) is 3.14. The molecule has 3 heterocycles. The minimum Gasteiger partial charge on any atom is -0.500 e. The molecule has 0 aliphatic rings. The first kappa shape index (κ1) is 38.6. The number of fused-ring (bicyclic) bond motifs is 4. The van der Waals surface area contributed by atoms with Crippen LogP contribution >= 0.6 is 0 Å². The molecule has 3 aromatic heterocycles. The van der Waals surface area contributed by atoms with Gasteiger partial charge in [-0.25, -0.2) is 4.39 Å². The van der Waals surface area contributed by atoms with Crippen LogP contribution in [0.25, 0.3) is 83.6 Å². The molecule has 0 spiro atoms. The molecule has 0 N–H and O–H groups in total. The van der Waals surface area contributed by atoms with Gasteiger partial charge in [0.1, 0.15) is 11.4 Å². The third-order valence-electron chi connectivity index (χ3n) is 10.2. The van der Waals surface area contributed by atoms with Crippen molar-refractivity contribution >= 4 is 46.2 Å². The number of rotatable bonds is 6. The third kappa shape index (κ3) is 7.60. The van der Waals surface area contributed by atoms with E-state index >= 15 is 4.39 Å². The van der Waals surface area contributed by atoms with Crippen LogP contribution in [0.4, 0.5) is 4.39 Å². The summed E-state index contributed by atoms with van der Waals surface area (Å²) in [4.78, 5) is 9.56. The molecule has 0 amide bonds. The van der Waals surface area contributed by atoms with Gasteiger partial charge in [0, 0.05) is 49.0 Å². The molecule has 58 heavy (non-hydrogen) atoms. The van der Waals surface area contributed by atoms with Crippen LogP contribution in [0.3, 0.4) is 0 Å². The first-order chi connectivity index (χ1) is 27.8. The van der Waals surface area contributed by atoms with E-state index in [0.717, 1.165) is 61.0 Å². The Hall–Kier alpha value is -6.24. The van der Waals surface area contributed by atoms with Crippen molar-refractivity contribution in [2.75, 3.05) is 0 Å². The summed E-state index contributed by atoms with van der Waals surface area (Å²) in [5.74, 6) is 0.395. The fourth-order valence-corrected chi connectivity index (χ4v) is 8.24. The van der Waals surface area contributed by atoms with Crippen molar-refractivity contribution in [1.29, 1.82) is 0 Å². The fraction of sp³-hybridized carbons (Fsp3) is 0.0588. The molecule has 7 aromatic carbocycles. The first-order valence-corrected chi connectivity index (χ1v) is 22.5. The Morgan fingerprint density at radius 3 is 2.02 bits per heavy atom. The zero-order valence-corrected chi connectivity index (χ0v) is 35.6. The van der Waals surface area contributed by atoms with Gasteiger partial charge in [0.15, 0.2) is 0 Å². The van der Waals surface area contributed by atoms with Gasteiger partial charge in [-0.05, 0) is 57.9 Å². The van der Waals surface area contributed by atoms with Crippen LogP contribution in [-0.4, -0.2) is 22.6 Å². The van der Waals surface area contributed by atoms with Crippen LogP contribution in [0.2, 0.25) is 19.6 Å². The molecule has 10 rings (SSSR count). The topological polar surface area (TPSA) is 43.9 Å². The molecule has 4 nitrogen and oxygen atoms in total. The molecule has 0 saturated heterocycles. The minimum atomic E-state index is -1.23. The number of furan rings is 1. The number of imidazole rings is 1. The Bertz CT molecular complexity index is 2980. The van der Waals surface area contributed by atoms with Crippen molar-refractivity contribution in [2.45, 2.75) is 19.6 Å². The van der Waals surface area contributed by atoms with Crippen molar-refractivity contribution in [3.8, 4) is 50.6 Å². The maximum atomic E-state index is 15.3. The van der Waals surface area contributed by atoms with E-state index in [1.54, 1.807) is 0 Å². The maximum absolute atomic E-state index is 15.3. The van der Waals surface area contributed by atoms with Crippen LogP contribution in [0.5, 0.6) is 0 Å². The van der Waals surface area contributed by atoms with E-state index < -0.39 is 8.07 Å². The van der Waals surface area contributed by atoms with Gasteiger partial charge in [-0.15, -0.1) is 54.1 Å². The van der Waals surface area contributed by atoms with Gasteiger partial charge in [0.05, 0.1) is 30.5 Å². The molecule has 0 fully saturated rings. The van der Waals surface area contributed by atoms with Crippen LogP contribution in [0, 0.1) is 17.9 Å². The van der Waals surface area contributed by atoms with E-state index in [9.17, 15) is 0 Å². The Morgan fingerprint density at radius 1 is 0.638 bits per heavy atom. The first-order valence-electron chi connectivity index (χ1n) is 19.0. The van der Waals surface area contributed by atoms with Crippen molar-refractivity contribution in [1.82, 2.24) is 14.5 Å². The number of hydrogen-bond acceptors (Lipinski definition) is 3. The zero-order valence-electron chi connectivity index (χ0n) is 32.2. The number of pyridine rings is 1. The number of halogens is 1. The summed E-state index contributed by atoms with van der Waals surface area (Å²) in [7, 11) is -1.23. The van der Waals surface area contributed by atoms with Gasteiger partial charge in [-0.3, -0.25) is 4.98 Å². The maximum Gasteiger partial charge on any atom is 0.134 e. The van der Waals surface area contributed by atoms with E-state index in [-0.39, 0.29) is 25.9 Å². The van der Waals surface area contributed by atoms with Crippen molar-refractivity contribution in [2.24, 2.45) is 0 Å². The van der Waals surface area contributed by atoms with Gasteiger partial charge in [0.2, 0.25) is 0 Å². The largest absolute Gasteiger partial charge is 0.500 e. The Kier molecular flexibility index (Phi) is 10.9. The van der Waals surface area contributed by atoms with E-state index in [1.165, 1.54) is 11.3 Å². The average molecular weight is 948 g/mol. The second kappa shape index (κ2) is 16.3. The Balaban J connectivity index is 0.000000233. The second-order valence-electron chi connectivity index (χ2n) is 15.0. The number of para-hydroxylation sites is 2. The summed E-state index contributed by atoms with van der Waals surface area (Å²) in [6.45, 7) is 7.00. The van der Waals surface area contributed by atoms with Gasteiger partial charge in [-0.2, -0.15) is 0 Å².